The number of hydrogen-bond acceptors (Lipinski definition) is 3. The highest BCUT2D eigenvalue weighted by Gasteiger charge is 2.23. The van der Waals surface area contributed by atoms with Crippen molar-refractivity contribution in [3.63, 3.8) is 0 Å². The third kappa shape index (κ3) is 8.91. The lowest BCUT2D eigenvalue weighted by atomic mass is 9.88. The maximum absolute atomic E-state index is 10.6. The van der Waals surface area contributed by atoms with E-state index in [1.165, 1.54) is 64.8 Å². The molecule has 0 fully saturated rings. The highest BCUT2D eigenvalue weighted by atomic mass is 16.3. The summed E-state index contributed by atoms with van der Waals surface area (Å²) >= 11 is 0. The Balaban J connectivity index is 1.42. The van der Waals surface area contributed by atoms with Crippen LogP contribution in [0, 0.1) is 5.92 Å². The zero-order chi connectivity index (χ0) is 29.7. The molecule has 0 saturated carbocycles. The lowest BCUT2D eigenvalue weighted by molar-refractivity contribution is 0.154. The van der Waals surface area contributed by atoms with Crippen LogP contribution in [0.25, 0.3) is 11.6 Å². The van der Waals surface area contributed by atoms with Gasteiger partial charge in [-0.05, 0) is 97.3 Å². The maximum Gasteiger partial charge on any atom is 0.0773 e. The van der Waals surface area contributed by atoms with Crippen LogP contribution in [0.3, 0.4) is 0 Å². The summed E-state index contributed by atoms with van der Waals surface area (Å²) < 4.78 is 0. The number of aliphatic hydroxyl groups is 1. The molecule has 0 saturated heterocycles. The Labute approximate surface area is 255 Å². The molecular weight excluding hydrogens is 512 g/mol. The minimum atomic E-state index is -0.322. The van der Waals surface area contributed by atoms with Crippen LogP contribution < -0.4 is 0 Å². The Morgan fingerprint density at radius 3 is 2.55 bits per heavy atom. The molecule has 1 N–H and O–H groups in total. The van der Waals surface area contributed by atoms with Gasteiger partial charge >= 0.3 is 0 Å². The van der Waals surface area contributed by atoms with Gasteiger partial charge < -0.3 is 10.0 Å². The molecule has 4 rings (SSSR count). The lowest BCUT2D eigenvalue weighted by Gasteiger charge is -2.32. The standard InChI is InChI=1S/C39H52N2O/c1-5-12-31(13-6-2)14-8-7-9-15-32-18-20-33(21-19-32)35-22-23-36-29-40-25-24-38(37(36)28-35)41-26-10-16-34(17-11-27-41)39(42)30(3)4/h9,14-16,18-22,24-25,28-30,39,42H,5-8,10-13,17,23,26-27H2,1-4H3/b15-9+,34-16-. The molecule has 3 nitrogen and oxygen atoms in total. The van der Waals surface area contributed by atoms with E-state index in [-0.39, 0.29) is 12.0 Å². The summed E-state index contributed by atoms with van der Waals surface area (Å²) in [6.45, 7) is 10.7. The van der Waals surface area contributed by atoms with E-state index in [0.717, 1.165) is 51.6 Å². The molecule has 0 bridgehead atoms. The monoisotopic (exact) mass is 564 g/mol. The van der Waals surface area contributed by atoms with Gasteiger partial charge in [0.2, 0.25) is 0 Å². The van der Waals surface area contributed by atoms with Gasteiger partial charge in [0.15, 0.2) is 0 Å². The molecule has 2 aliphatic heterocycles. The van der Waals surface area contributed by atoms with Crippen LogP contribution in [0.4, 0.5) is 0 Å². The molecule has 42 heavy (non-hydrogen) atoms. The summed E-state index contributed by atoms with van der Waals surface area (Å²) in [5.41, 5.74) is 10.5. The van der Waals surface area contributed by atoms with E-state index in [9.17, 15) is 5.11 Å². The fourth-order valence-electron chi connectivity index (χ4n) is 6.20. The van der Waals surface area contributed by atoms with Crippen LogP contribution in [-0.4, -0.2) is 35.4 Å². The fraction of sp³-hybridized carbons (Fsp3) is 0.462. The predicted octanol–water partition coefficient (Wildman–Crippen LogP) is 10.0. The topological polar surface area (TPSA) is 35.8 Å². The molecule has 1 aromatic rings. The number of fused-ring (bicyclic) bond motifs is 1. The van der Waals surface area contributed by atoms with Crippen molar-refractivity contribution in [3.8, 4) is 0 Å². The van der Waals surface area contributed by atoms with Crippen LogP contribution in [0.5, 0.6) is 0 Å². The first kappa shape index (κ1) is 31.8. The summed E-state index contributed by atoms with van der Waals surface area (Å²) in [5.74, 6) is 0.263. The van der Waals surface area contributed by atoms with Gasteiger partial charge in [-0.3, -0.25) is 4.99 Å². The van der Waals surface area contributed by atoms with Crippen molar-refractivity contribution in [1.29, 1.82) is 0 Å². The number of unbranched alkanes of at least 4 members (excludes halogenated alkanes) is 1. The minimum absolute atomic E-state index is 0.263. The smallest absolute Gasteiger partial charge is 0.0773 e. The van der Waals surface area contributed by atoms with E-state index >= 15 is 0 Å². The summed E-state index contributed by atoms with van der Waals surface area (Å²) in [7, 11) is 0. The van der Waals surface area contributed by atoms with Crippen molar-refractivity contribution in [2.75, 3.05) is 13.1 Å². The van der Waals surface area contributed by atoms with Crippen molar-refractivity contribution in [3.05, 3.63) is 106 Å². The van der Waals surface area contributed by atoms with Gasteiger partial charge in [-0.2, -0.15) is 0 Å². The number of benzene rings is 1. The highest BCUT2D eigenvalue weighted by Crippen LogP contribution is 2.36. The van der Waals surface area contributed by atoms with Crippen molar-refractivity contribution >= 4 is 17.9 Å². The molecule has 0 amide bonds. The van der Waals surface area contributed by atoms with Crippen LogP contribution >= 0.6 is 0 Å². The Morgan fingerprint density at radius 2 is 1.81 bits per heavy atom. The van der Waals surface area contributed by atoms with E-state index in [0.29, 0.717) is 0 Å². The first-order valence-electron chi connectivity index (χ1n) is 16.4. The van der Waals surface area contributed by atoms with Crippen LogP contribution in [0.1, 0.15) is 103 Å². The molecule has 0 aromatic heterocycles. The molecule has 0 spiro atoms. The lowest BCUT2D eigenvalue weighted by Crippen LogP contribution is -2.29. The summed E-state index contributed by atoms with van der Waals surface area (Å²) in [5, 5.41) is 10.6. The van der Waals surface area contributed by atoms with Crippen molar-refractivity contribution < 1.29 is 5.11 Å². The molecule has 3 heteroatoms. The predicted molar refractivity (Wildman–Crippen MR) is 182 cm³/mol. The zero-order valence-electron chi connectivity index (χ0n) is 26.5. The van der Waals surface area contributed by atoms with Crippen LogP contribution in [0.2, 0.25) is 0 Å². The number of nitrogens with zero attached hydrogens (tertiary/aromatic N) is 2. The third-order valence-electron chi connectivity index (χ3n) is 8.53. The molecular formula is C39H52N2O. The van der Waals surface area contributed by atoms with Crippen LogP contribution in [0.15, 0.2) is 99.9 Å². The van der Waals surface area contributed by atoms with Gasteiger partial charge in [0.25, 0.3) is 0 Å². The summed E-state index contributed by atoms with van der Waals surface area (Å²) in [4.78, 5) is 7.08. The molecule has 1 aromatic carbocycles. The Kier molecular flexibility index (Phi) is 12.4. The number of aliphatic hydroxyl groups excluding tert-OH is 1. The fourth-order valence-corrected chi connectivity index (χ4v) is 6.20. The second kappa shape index (κ2) is 16.5. The second-order valence-corrected chi connectivity index (χ2v) is 12.2. The Bertz CT molecular complexity index is 1270. The van der Waals surface area contributed by atoms with E-state index < -0.39 is 0 Å². The number of aliphatic imine (C=N–C) groups is 1. The van der Waals surface area contributed by atoms with Gasteiger partial charge in [0.1, 0.15) is 0 Å². The van der Waals surface area contributed by atoms with Gasteiger partial charge in [-0.25, -0.2) is 0 Å². The highest BCUT2D eigenvalue weighted by molar-refractivity contribution is 5.83. The van der Waals surface area contributed by atoms with Gasteiger partial charge in [0.05, 0.1) is 6.10 Å². The Hall–Kier alpha value is -3.17. The number of allylic oxidation sites excluding steroid dienone is 8. The number of rotatable bonds is 12. The first-order chi connectivity index (χ1) is 20.5. The first-order valence-corrected chi connectivity index (χ1v) is 16.4. The van der Waals surface area contributed by atoms with E-state index in [2.05, 4.69) is 104 Å². The van der Waals surface area contributed by atoms with E-state index in [1.807, 2.05) is 12.4 Å². The Morgan fingerprint density at radius 1 is 1.02 bits per heavy atom. The quantitative estimate of drug-likeness (QED) is 0.202. The minimum Gasteiger partial charge on any atom is -0.388 e. The SMILES string of the molecule is CCCC(=CCC/C=C/c1ccc(C2=CCC3=CN=CC=C(N4CC/C=C(\C(O)C(C)C)CCC4)C3=C2)cc1)CCC. The van der Waals surface area contributed by atoms with Crippen LogP contribution in [-0.2, 0) is 0 Å². The number of hydrogen-bond donors (Lipinski definition) is 1. The zero-order valence-corrected chi connectivity index (χ0v) is 26.5. The maximum atomic E-state index is 10.6. The molecule has 3 aliphatic rings. The molecule has 1 aliphatic carbocycles. The van der Waals surface area contributed by atoms with Crippen molar-refractivity contribution in [2.45, 2.75) is 98.0 Å². The average Bonchev–Trinajstić information content (AvgIpc) is 3.19. The van der Waals surface area contributed by atoms with Crippen molar-refractivity contribution in [2.24, 2.45) is 10.9 Å². The summed E-state index contributed by atoms with van der Waals surface area (Å²) in [6.07, 6.45) is 30.9. The van der Waals surface area contributed by atoms with Gasteiger partial charge in [-0.15, -0.1) is 0 Å². The summed E-state index contributed by atoms with van der Waals surface area (Å²) in [6, 6.07) is 9.01. The van der Waals surface area contributed by atoms with Gasteiger partial charge in [-0.1, -0.05) is 101 Å². The second-order valence-electron chi connectivity index (χ2n) is 12.2. The molecule has 1 unspecified atom stereocenters. The van der Waals surface area contributed by atoms with E-state index in [4.69, 9.17) is 0 Å². The largest absolute Gasteiger partial charge is 0.388 e. The molecule has 0 radical (unpaired) electrons. The normalized spacial score (nSPS) is 19.5. The molecule has 224 valence electrons. The van der Waals surface area contributed by atoms with Gasteiger partial charge in [0, 0.05) is 36.8 Å². The van der Waals surface area contributed by atoms with E-state index in [1.54, 1.807) is 5.57 Å². The average molecular weight is 565 g/mol. The van der Waals surface area contributed by atoms with Crippen molar-refractivity contribution in [1.82, 2.24) is 4.90 Å². The third-order valence-corrected chi connectivity index (χ3v) is 8.53. The molecule has 1 atom stereocenters. The molecule has 2 heterocycles.